The fraction of sp³-hybridized carbons (Fsp3) is 0.533. The Morgan fingerprint density at radius 3 is 2.89 bits per heavy atom. The van der Waals surface area contributed by atoms with Crippen LogP contribution in [0, 0.1) is 5.92 Å². The summed E-state index contributed by atoms with van der Waals surface area (Å²) in [6.45, 7) is 4.35. The molecule has 2 aliphatic rings. The maximum Gasteiger partial charge on any atom is 0.410 e. The first-order valence-corrected chi connectivity index (χ1v) is 6.95. The first-order valence-electron chi connectivity index (χ1n) is 6.95. The molecule has 1 N–H and O–H groups in total. The number of nitrogens with one attached hydrogen (secondary N) is 1. The number of piperazine rings is 1. The van der Waals surface area contributed by atoms with Crippen molar-refractivity contribution in [3.8, 4) is 0 Å². The van der Waals surface area contributed by atoms with E-state index >= 15 is 0 Å². The summed E-state index contributed by atoms with van der Waals surface area (Å²) in [5.74, 6) is 0.560. The van der Waals surface area contributed by atoms with E-state index in [1.165, 1.54) is 0 Å². The molecule has 0 aliphatic carbocycles. The van der Waals surface area contributed by atoms with Gasteiger partial charge in [-0.2, -0.15) is 0 Å². The predicted molar refractivity (Wildman–Crippen MR) is 72.7 cm³/mol. The summed E-state index contributed by atoms with van der Waals surface area (Å²) in [5.41, 5.74) is 1.03. The van der Waals surface area contributed by atoms with Crippen molar-refractivity contribution >= 4 is 6.09 Å². The smallest absolute Gasteiger partial charge is 0.410 e. The number of hydrogen-bond donors (Lipinski definition) is 1. The molecule has 2 aliphatic heterocycles. The van der Waals surface area contributed by atoms with Gasteiger partial charge in [0.25, 0.3) is 0 Å². The Morgan fingerprint density at radius 2 is 2.16 bits per heavy atom. The molecule has 3 atom stereocenters. The van der Waals surface area contributed by atoms with Gasteiger partial charge < -0.3 is 10.1 Å². The molecule has 19 heavy (non-hydrogen) atoms. The highest BCUT2D eigenvalue weighted by Gasteiger charge is 2.44. The molecule has 0 saturated carbocycles. The molecule has 4 nitrogen and oxygen atoms in total. The van der Waals surface area contributed by atoms with Crippen molar-refractivity contribution < 1.29 is 9.53 Å². The lowest BCUT2D eigenvalue weighted by Gasteiger charge is -2.35. The molecule has 4 heteroatoms. The quantitative estimate of drug-likeness (QED) is 0.884. The third-order valence-electron chi connectivity index (χ3n) is 4.20. The van der Waals surface area contributed by atoms with Crippen LogP contribution in [0.5, 0.6) is 0 Å². The SMILES string of the molecule is C[C@@H]1C[C@@H]2CNC[C@H]1N2C(=O)OCc1ccccc1. The fourth-order valence-corrected chi connectivity index (χ4v) is 3.20. The first-order chi connectivity index (χ1) is 9.25. The molecule has 0 unspecified atom stereocenters. The number of nitrogens with zero attached hydrogens (tertiary/aromatic N) is 1. The standard InChI is InChI=1S/C15H20N2O2/c1-11-7-13-8-16-9-14(11)17(13)15(18)19-10-12-5-3-2-4-6-12/h2-6,11,13-14,16H,7-10H2,1H3/t11-,13-,14-/m1/s1. The molecule has 0 radical (unpaired) electrons. The number of fused-ring (bicyclic) bond motifs is 2. The van der Waals surface area contributed by atoms with Crippen LogP contribution in [0.3, 0.4) is 0 Å². The summed E-state index contributed by atoms with van der Waals surface area (Å²) >= 11 is 0. The lowest BCUT2D eigenvalue weighted by Crippen LogP contribution is -2.55. The van der Waals surface area contributed by atoms with Crippen LogP contribution in [0.4, 0.5) is 4.79 Å². The highest BCUT2D eigenvalue weighted by Crippen LogP contribution is 2.32. The van der Waals surface area contributed by atoms with Gasteiger partial charge in [0.1, 0.15) is 6.61 Å². The Hall–Kier alpha value is -1.55. The zero-order valence-electron chi connectivity index (χ0n) is 11.2. The molecule has 0 aromatic heterocycles. The molecule has 3 rings (SSSR count). The Morgan fingerprint density at radius 1 is 1.37 bits per heavy atom. The monoisotopic (exact) mass is 260 g/mol. The van der Waals surface area contributed by atoms with E-state index in [1.807, 2.05) is 35.2 Å². The summed E-state index contributed by atoms with van der Waals surface area (Å²) < 4.78 is 5.46. The maximum absolute atomic E-state index is 12.3. The molecule has 1 aromatic rings. The first kappa shape index (κ1) is 12.5. The molecule has 2 fully saturated rings. The van der Waals surface area contributed by atoms with Gasteiger partial charge in [0.15, 0.2) is 0 Å². The third-order valence-corrected chi connectivity index (χ3v) is 4.20. The van der Waals surface area contributed by atoms with Gasteiger partial charge in [0.05, 0.1) is 6.04 Å². The van der Waals surface area contributed by atoms with E-state index < -0.39 is 0 Å². The molecule has 0 spiro atoms. The number of ether oxygens (including phenoxy) is 1. The second kappa shape index (κ2) is 5.21. The van der Waals surface area contributed by atoms with Crippen LogP contribution in [0.25, 0.3) is 0 Å². The molecular formula is C15H20N2O2. The Balaban J connectivity index is 1.62. The number of carbonyl (C=O) groups excluding carboxylic acids is 1. The van der Waals surface area contributed by atoms with E-state index in [-0.39, 0.29) is 6.09 Å². The Kier molecular flexibility index (Phi) is 3.42. The average molecular weight is 260 g/mol. The molecule has 2 bridgehead atoms. The number of hydrogen-bond acceptors (Lipinski definition) is 3. The van der Waals surface area contributed by atoms with Crippen molar-refractivity contribution in [2.45, 2.75) is 32.0 Å². The lowest BCUT2D eigenvalue weighted by atomic mass is 10.0. The molecule has 2 saturated heterocycles. The van der Waals surface area contributed by atoms with Crippen molar-refractivity contribution in [1.82, 2.24) is 10.2 Å². The van der Waals surface area contributed by atoms with Crippen molar-refractivity contribution in [3.05, 3.63) is 35.9 Å². The third kappa shape index (κ3) is 2.45. The topological polar surface area (TPSA) is 41.6 Å². The molecule has 1 amide bonds. The Bertz CT molecular complexity index is 449. The molecule has 102 valence electrons. The highest BCUT2D eigenvalue weighted by atomic mass is 16.6. The number of benzene rings is 1. The minimum absolute atomic E-state index is 0.162. The lowest BCUT2D eigenvalue weighted by molar-refractivity contribution is 0.0663. The summed E-state index contributed by atoms with van der Waals surface area (Å²) in [4.78, 5) is 14.2. The van der Waals surface area contributed by atoms with Gasteiger partial charge in [-0.25, -0.2) is 4.79 Å². The molecule has 2 heterocycles. The van der Waals surface area contributed by atoms with Gasteiger partial charge in [0, 0.05) is 19.1 Å². The van der Waals surface area contributed by atoms with Gasteiger partial charge in [-0.15, -0.1) is 0 Å². The van der Waals surface area contributed by atoms with E-state index in [2.05, 4.69) is 12.2 Å². The van der Waals surface area contributed by atoms with Gasteiger partial charge >= 0.3 is 6.09 Å². The summed E-state index contributed by atoms with van der Waals surface area (Å²) in [7, 11) is 0. The zero-order chi connectivity index (χ0) is 13.2. The highest BCUT2D eigenvalue weighted by molar-refractivity contribution is 5.69. The van der Waals surface area contributed by atoms with Crippen LogP contribution < -0.4 is 5.32 Å². The van der Waals surface area contributed by atoms with Gasteiger partial charge in [0.2, 0.25) is 0 Å². The van der Waals surface area contributed by atoms with E-state index in [1.54, 1.807) is 0 Å². The van der Waals surface area contributed by atoms with Gasteiger partial charge in [-0.1, -0.05) is 37.3 Å². The maximum atomic E-state index is 12.3. The van der Waals surface area contributed by atoms with Crippen molar-refractivity contribution in [3.63, 3.8) is 0 Å². The van der Waals surface area contributed by atoms with Crippen LogP contribution in [-0.4, -0.2) is 36.2 Å². The zero-order valence-corrected chi connectivity index (χ0v) is 11.2. The van der Waals surface area contributed by atoms with E-state index in [4.69, 9.17) is 4.74 Å². The van der Waals surface area contributed by atoms with Crippen LogP contribution in [0.1, 0.15) is 18.9 Å². The van der Waals surface area contributed by atoms with E-state index in [0.717, 1.165) is 25.1 Å². The van der Waals surface area contributed by atoms with E-state index in [0.29, 0.717) is 24.6 Å². The summed E-state index contributed by atoms with van der Waals surface area (Å²) in [6, 6.07) is 10.4. The molecular weight excluding hydrogens is 240 g/mol. The second-order valence-electron chi connectivity index (χ2n) is 5.54. The molecule has 1 aromatic carbocycles. The van der Waals surface area contributed by atoms with Crippen molar-refractivity contribution in [2.75, 3.05) is 13.1 Å². The number of amides is 1. The number of rotatable bonds is 2. The largest absolute Gasteiger partial charge is 0.445 e. The van der Waals surface area contributed by atoms with Crippen molar-refractivity contribution in [1.29, 1.82) is 0 Å². The summed E-state index contributed by atoms with van der Waals surface area (Å²) in [6.07, 6.45) is 0.919. The van der Waals surface area contributed by atoms with Gasteiger partial charge in [-0.05, 0) is 17.9 Å². The second-order valence-corrected chi connectivity index (χ2v) is 5.54. The van der Waals surface area contributed by atoms with E-state index in [9.17, 15) is 4.79 Å². The number of carbonyl (C=O) groups is 1. The predicted octanol–water partition coefficient (Wildman–Crippen LogP) is 2.01. The normalized spacial score (nSPS) is 29.3. The summed E-state index contributed by atoms with van der Waals surface area (Å²) in [5, 5.41) is 3.39. The Labute approximate surface area is 113 Å². The average Bonchev–Trinajstić information content (AvgIpc) is 2.63. The fourth-order valence-electron chi connectivity index (χ4n) is 3.20. The van der Waals surface area contributed by atoms with Crippen LogP contribution in [0.2, 0.25) is 0 Å². The van der Waals surface area contributed by atoms with Crippen LogP contribution in [-0.2, 0) is 11.3 Å². The van der Waals surface area contributed by atoms with Crippen LogP contribution in [0.15, 0.2) is 30.3 Å². The van der Waals surface area contributed by atoms with Gasteiger partial charge in [-0.3, -0.25) is 4.90 Å². The van der Waals surface area contributed by atoms with Crippen LogP contribution >= 0.6 is 0 Å². The minimum Gasteiger partial charge on any atom is -0.445 e. The minimum atomic E-state index is -0.162. The van der Waals surface area contributed by atoms with Crippen molar-refractivity contribution in [2.24, 2.45) is 5.92 Å².